The van der Waals surface area contributed by atoms with E-state index in [2.05, 4.69) is 17.6 Å². The molecule has 0 saturated carbocycles. The van der Waals surface area contributed by atoms with Gasteiger partial charge in [-0.1, -0.05) is 30.3 Å². The number of fused-ring (bicyclic) bond motifs is 1. The Morgan fingerprint density at radius 3 is 2.91 bits per heavy atom. The Balaban J connectivity index is 1.53. The molecular formula is C17H20N2O2S2. The van der Waals surface area contributed by atoms with E-state index in [0.717, 1.165) is 15.5 Å². The molecule has 0 radical (unpaired) electrons. The maximum atomic E-state index is 11.4. The quantitative estimate of drug-likeness (QED) is 0.751. The molecule has 0 fully saturated rings. The van der Waals surface area contributed by atoms with Crippen LogP contribution in [-0.2, 0) is 11.2 Å². The van der Waals surface area contributed by atoms with E-state index in [1.165, 1.54) is 4.88 Å². The van der Waals surface area contributed by atoms with Crippen LogP contribution in [0.25, 0.3) is 0 Å². The topological polar surface area (TPSA) is 61.4 Å². The van der Waals surface area contributed by atoms with E-state index in [9.17, 15) is 9.90 Å². The zero-order valence-corrected chi connectivity index (χ0v) is 14.5. The van der Waals surface area contributed by atoms with Crippen molar-refractivity contribution in [3.63, 3.8) is 0 Å². The standard InChI is InChI=1S/C17H20N2O2S2/c1-11(15-8-14-17(23-15)22-10-16(21)19-14)18-9-13(20)7-12-5-3-2-4-6-12/h2-6,8,11,13,18,20H,7,9-10H2,1H3,(H,19,21). The number of aliphatic hydroxyl groups excluding tert-OH is 1. The largest absolute Gasteiger partial charge is 0.391 e. The second-order valence-electron chi connectivity index (χ2n) is 5.66. The number of thioether (sulfide) groups is 1. The lowest BCUT2D eigenvalue weighted by Gasteiger charge is -2.16. The average Bonchev–Trinajstić information content (AvgIpc) is 2.96. The third-order valence-electron chi connectivity index (χ3n) is 3.73. The lowest BCUT2D eigenvalue weighted by Crippen LogP contribution is -2.30. The minimum absolute atomic E-state index is 0.0609. The molecular weight excluding hydrogens is 328 g/mol. The molecule has 0 saturated heterocycles. The molecule has 6 heteroatoms. The number of carbonyl (C=O) groups is 1. The lowest BCUT2D eigenvalue weighted by molar-refractivity contribution is -0.113. The van der Waals surface area contributed by atoms with E-state index in [-0.39, 0.29) is 11.9 Å². The molecule has 2 aromatic rings. The van der Waals surface area contributed by atoms with E-state index in [4.69, 9.17) is 0 Å². The highest BCUT2D eigenvalue weighted by molar-refractivity contribution is 8.02. The van der Waals surface area contributed by atoms with Crippen LogP contribution in [0.4, 0.5) is 5.69 Å². The number of benzene rings is 1. The molecule has 1 aromatic heterocycles. The molecule has 122 valence electrons. The highest BCUT2D eigenvalue weighted by Crippen LogP contribution is 2.40. The van der Waals surface area contributed by atoms with Crippen molar-refractivity contribution < 1.29 is 9.90 Å². The van der Waals surface area contributed by atoms with Gasteiger partial charge in [0.15, 0.2) is 0 Å². The Kier molecular flexibility index (Phi) is 5.38. The van der Waals surface area contributed by atoms with Gasteiger partial charge in [-0.15, -0.1) is 23.1 Å². The molecule has 23 heavy (non-hydrogen) atoms. The van der Waals surface area contributed by atoms with Crippen LogP contribution in [0.5, 0.6) is 0 Å². The fourth-order valence-electron chi connectivity index (χ4n) is 2.49. The number of nitrogens with one attached hydrogen (secondary N) is 2. The van der Waals surface area contributed by atoms with Crippen molar-refractivity contribution in [2.45, 2.75) is 29.7 Å². The van der Waals surface area contributed by atoms with Gasteiger partial charge in [-0.2, -0.15) is 0 Å². The number of thiophene rings is 1. The third-order valence-corrected chi connectivity index (χ3v) is 6.33. The highest BCUT2D eigenvalue weighted by Gasteiger charge is 2.20. The Labute approximate surface area is 144 Å². The van der Waals surface area contributed by atoms with Gasteiger partial charge in [0, 0.05) is 17.5 Å². The van der Waals surface area contributed by atoms with Crippen LogP contribution in [0.2, 0.25) is 0 Å². The number of hydrogen-bond acceptors (Lipinski definition) is 5. The van der Waals surface area contributed by atoms with Crippen LogP contribution < -0.4 is 10.6 Å². The molecule has 1 aliphatic heterocycles. The predicted molar refractivity (Wildman–Crippen MR) is 96.2 cm³/mol. The molecule has 3 rings (SSSR count). The molecule has 2 heterocycles. The molecule has 1 aromatic carbocycles. The average molecular weight is 348 g/mol. The summed E-state index contributed by atoms with van der Waals surface area (Å²) in [5.74, 6) is 0.552. The Hall–Kier alpha value is -1.34. The zero-order chi connectivity index (χ0) is 16.2. The van der Waals surface area contributed by atoms with Crippen LogP contribution >= 0.6 is 23.1 Å². The lowest BCUT2D eigenvalue weighted by atomic mass is 10.1. The van der Waals surface area contributed by atoms with Gasteiger partial charge < -0.3 is 15.7 Å². The molecule has 3 N–H and O–H groups in total. The smallest absolute Gasteiger partial charge is 0.234 e. The van der Waals surface area contributed by atoms with Crippen LogP contribution in [0.1, 0.15) is 23.4 Å². The van der Waals surface area contributed by atoms with Crippen LogP contribution in [-0.4, -0.2) is 29.4 Å². The molecule has 0 aliphatic carbocycles. The fraction of sp³-hybridized carbons (Fsp3) is 0.353. The number of carbonyl (C=O) groups excluding carboxylic acids is 1. The molecule has 2 unspecified atom stereocenters. The Bertz CT molecular complexity index is 672. The van der Waals surface area contributed by atoms with Gasteiger partial charge >= 0.3 is 0 Å². The summed E-state index contributed by atoms with van der Waals surface area (Å²) in [5, 5.41) is 16.5. The molecule has 0 bridgehead atoms. The maximum absolute atomic E-state index is 11.4. The second-order valence-corrected chi connectivity index (χ2v) is 7.99. The fourth-order valence-corrected chi connectivity index (χ4v) is 4.66. The van der Waals surface area contributed by atoms with E-state index in [1.54, 1.807) is 23.1 Å². The van der Waals surface area contributed by atoms with Crippen LogP contribution in [0, 0.1) is 0 Å². The first-order chi connectivity index (χ1) is 11.1. The van der Waals surface area contributed by atoms with Gasteiger partial charge in [-0.25, -0.2) is 0 Å². The number of aliphatic hydroxyl groups is 1. The van der Waals surface area contributed by atoms with E-state index in [1.807, 2.05) is 36.4 Å². The summed E-state index contributed by atoms with van der Waals surface area (Å²) >= 11 is 3.30. The number of hydrogen-bond donors (Lipinski definition) is 3. The van der Waals surface area contributed by atoms with Gasteiger partial charge in [0.25, 0.3) is 0 Å². The van der Waals surface area contributed by atoms with Crippen molar-refractivity contribution in [2.75, 3.05) is 17.6 Å². The molecule has 4 nitrogen and oxygen atoms in total. The van der Waals surface area contributed by atoms with Gasteiger partial charge in [0.1, 0.15) is 0 Å². The summed E-state index contributed by atoms with van der Waals surface area (Å²) in [6, 6.07) is 12.2. The summed E-state index contributed by atoms with van der Waals surface area (Å²) in [6.07, 6.45) is 0.233. The maximum Gasteiger partial charge on any atom is 0.234 e. The second kappa shape index (κ2) is 7.49. The van der Waals surface area contributed by atoms with Crippen LogP contribution in [0.3, 0.4) is 0 Å². The Morgan fingerprint density at radius 2 is 2.13 bits per heavy atom. The first-order valence-corrected chi connectivity index (χ1v) is 9.44. The molecule has 1 aliphatic rings. The van der Waals surface area contributed by atoms with E-state index >= 15 is 0 Å². The summed E-state index contributed by atoms with van der Waals surface area (Å²) in [5.41, 5.74) is 2.06. The van der Waals surface area contributed by atoms with Gasteiger partial charge in [0.05, 0.1) is 21.8 Å². The predicted octanol–water partition coefficient (Wildman–Crippen LogP) is 3.05. The van der Waals surface area contributed by atoms with Crippen molar-refractivity contribution >= 4 is 34.7 Å². The molecule has 1 amide bonds. The Morgan fingerprint density at radius 1 is 1.35 bits per heavy atom. The normalized spacial score (nSPS) is 16.5. The summed E-state index contributed by atoms with van der Waals surface area (Å²) < 4.78 is 1.16. The SMILES string of the molecule is CC(NCC(O)Cc1ccccc1)c1cc2c(s1)SCC(=O)N2. The van der Waals surface area contributed by atoms with Crippen molar-refractivity contribution in [2.24, 2.45) is 0 Å². The number of anilines is 1. The van der Waals surface area contributed by atoms with Crippen molar-refractivity contribution in [1.82, 2.24) is 5.32 Å². The van der Waals surface area contributed by atoms with E-state index < -0.39 is 6.10 Å². The van der Waals surface area contributed by atoms with Gasteiger partial charge in [0.2, 0.25) is 5.91 Å². The number of rotatable bonds is 6. The van der Waals surface area contributed by atoms with Gasteiger partial charge in [-0.3, -0.25) is 4.79 Å². The summed E-state index contributed by atoms with van der Waals surface area (Å²) in [4.78, 5) is 12.6. The summed E-state index contributed by atoms with van der Waals surface area (Å²) in [7, 11) is 0. The van der Waals surface area contributed by atoms with Crippen molar-refractivity contribution in [1.29, 1.82) is 0 Å². The zero-order valence-electron chi connectivity index (χ0n) is 12.9. The molecule has 2 atom stereocenters. The first-order valence-electron chi connectivity index (χ1n) is 7.63. The number of amides is 1. The highest BCUT2D eigenvalue weighted by atomic mass is 32.2. The van der Waals surface area contributed by atoms with Crippen molar-refractivity contribution in [3.05, 3.63) is 46.8 Å². The third kappa shape index (κ3) is 4.35. The summed E-state index contributed by atoms with van der Waals surface area (Å²) in [6.45, 7) is 2.62. The van der Waals surface area contributed by atoms with Crippen LogP contribution in [0.15, 0.2) is 40.6 Å². The minimum atomic E-state index is -0.413. The monoisotopic (exact) mass is 348 g/mol. The van der Waals surface area contributed by atoms with Crippen molar-refractivity contribution in [3.8, 4) is 0 Å². The minimum Gasteiger partial charge on any atom is -0.391 e. The molecule has 0 spiro atoms. The van der Waals surface area contributed by atoms with E-state index in [0.29, 0.717) is 18.7 Å². The first kappa shape index (κ1) is 16.5. The van der Waals surface area contributed by atoms with Gasteiger partial charge in [-0.05, 0) is 25.0 Å².